The molecule has 1 atom stereocenters. The summed E-state index contributed by atoms with van der Waals surface area (Å²) < 4.78 is 15.6. The molecule has 10 heteroatoms. The minimum atomic E-state index is -0.336. The van der Waals surface area contributed by atoms with Crippen LogP contribution in [0.1, 0.15) is 6.92 Å². The molecule has 0 radical (unpaired) electrons. The molecular weight excluding hydrogens is 424 g/mol. The monoisotopic (exact) mass is 454 g/mol. The molecule has 1 saturated heterocycles. The summed E-state index contributed by atoms with van der Waals surface area (Å²) in [5.41, 5.74) is 1.23. The average molecular weight is 455 g/mol. The third kappa shape index (κ3) is 3.83. The molecule has 0 bridgehead atoms. The molecule has 0 N–H and O–H groups in total. The second-order valence-electron chi connectivity index (χ2n) is 8.86. The summed E-state index contributed by atoms with van der Waals surface area (Å²) in [6.45, 7) is 7.55. The van der Waals surface area contributed by atoms with Crippen LogP contribution in [-0.2, 0) is 24.9 Å². The lowest BCUT2D eigenvalue weighted by Crippen LogP contribution is -2.44. The molecule has 0 spiro atoms. The molecule has 33 heavy (non-hydrogen) atoms. The number of ether oxygens (including phenoxy) is 2. The Morgan fingerprint density at radius 1 is 1.15 bits per heavy atom. The lowest BCUT2D eigenvalue weighted by atomic mass is 10.1. The number of rotatable bonds is 5. The predicted octanol–water partition coefficient (Wildman–Crippen LogP) is 1.03. The van der Waals surface area contributed by atoms with Gasteiger partial charge in [-0.25, -0.2) is 4.79 Å². The van der Waals surface area contributed by atoms with Crippen LogP contribution in [0.2, 0.25) is 0 Å². The minimum absolute atomic E-state index is 0.278. The number of methoxy groups -OCH3 is 1. The van der Waals surface area contributed by atoms with E-state index in [1.807, 2.05) is 28.8 Å². The first-order chi connectivity index (χ1) is 16.0. The van der Waals surface area contributed by atoms with Crippen LogP contribution in [0.5, 0.6) is 5.75 Å². The van der Waals surface area contributed by atoms with Crippen molar-refractivity contribution in [3.63, 3.8) is 0 Å². The van der Waals surface area contributed by atoms with E-state index in [0.717, 1.165) is 31.1 Å². The van der Waals surface area contributed by atoms with Gasteiger partial charge in [0.05, 0.1) is 20.3 Å². The van der Waals surface area contributed by atoms with Gasteiger partial charge in [-0.2, -0.15) is 4.98 Å². The molecule has 0 amide bonds. The third-order valence-corrected chi connectivity index (χ3v) is 6.55. The average Bonchev–Trinajstić information content (AvgIpc) is 3.22. The maximum absolute atomic E-state index is 13.6. The van der Waals surface area contributed by atoms with Gasteiger partial charge in [0.25, 0.3) is 5.56 Å². The number of imidazole rings is 1. The van der Waals surface area contributed by atoms with Gasteiger partial charge in [-0.3, -0.25) is 18.8 Å². The Hall–Kier alpha value is -3.11. The van der Waals surface area contributed by atoms with Crippen molar-refractivity contribution in [1.82, 2.24) is 23.6 Å². The quantitative estimate of drug-likeness (QED) is 0.569. The van der Waals surface area contributed by atoms with Crippen molar-refractivity contribution in [2.75, 3.05) is 51.4 Å². The molecule has 2 aliphatic heterocycles. The first-order valence-electron chi connectivity index (χ1n) is 11.4. The molecule has 2 aromatic heterocycles. The van der Waals surface area contributed by atoms with Crippen LogP contribution in [0.4, 0.5) is 11.6 Å². The second-order valence-corrected chi connectivity index (χ2v) is 8.86. The standard InChI is InChI=1S/C23H30N6O4/c1-16-14-28(17-5-4-6-18(13-17)32-3)22-24-20-19(29(22)15-16)21(30)27(23(31)25(20)2)8-7-26-9-11-33-12-10-26/h4-6,13,16H,7-12,14-15H2,1-3H3/t16-/m0/s1. The van der Waals surface area contributed by atoms with Gasteiger partial charge in [0, 0.05) is 58.1 Å². The van der Waals surface area contributed by atoms with Gasteiger partial charge in [0.1, 0.15) is 5.75 Å². The van der Waals surface area contributed by atoms with E-state index in [0.29, 0.717) is 55.9 Å². The summed E-state index contributed by atoms with van der Waals surface area (Å²) in [5, 5.41) is 0. The Kier molecular flexibility index (Phi) is 5.71. The van der Waals surface area contributed by atoms with Crippen LogP contribution in [0.3, 0.4) is 0 Å². The number of hydrogen-bond donors (Lipinski definition) is 0. The van der Waals surface area contributed by atoms with Crippen molar-refractivity contribution >= 4 is 22.8 Å². The fourth-order valence-corrected chi connectivity index (χ4v) is 4.76. The molecule has 10 nitrogen and oxygen atoms in total. The van der Waals surface area contributed by atoms with Crippen molar-refractivity contribution in [3.05, 3.63) is 45.1 Å². The molecule has 176 valence electrons. The molecule has 0 unspecified atom stereocenters. The SMILES string of the molecule is COc1cccc(N2C[C@H](C)Cn3c2nc2c3c(=O)n(CCN3CCOCC3)c(=O)n2C)c1. The Bertz CT molecular complexity index is 1290. The van der Waals surface area contributed by atoms with Gasteiger partial charge < -0.3 is 18.9 Å². The Morgan fingerprint density at radius 2 is 1.94 bits per heavy atom. The number of benzene rings is 1. The molecule has 5 rings (SSSR count). The van der Waals surface area contributed by atoms with E-state index in [2.05, 4.69) is 16.7 Å². The van der Waals surface area contributed by atoms with Crippen molar-refractivity contribution in [2.45, 2.75) is 20.0 Å². The topological polar surface area (TPSA) is 86.8 Å². The van der Waals surface area contributed by atoms with Gasteiger partial charge in [-0.1, -0.05) is 13.0 Å². The number of nitrogens with zero attached hydrogens (tertiary/aromatic N) is 6. The van der Waals surface area contributed by atoms with Crippen molar-refractivity contribution < 1.29 is 9.47 Å². The molecule has 2 aliphatic rings. The summed E-state index contributed by atoms with van der Waals surface area (Å²) in [6.07, 6.45) is 0. The van der Waals surface area contributed by atoms with Crippen LogP contribution < -0.4 is 20.9 Å². The number of hydrogen-bond acceptors (Lipinski definition) is 7. The highest BCUT2D eigenvalue weighted by Crippen LogP contribution is 2.34. The molecule has 4 heterocycles. The first kappa shape index (κ1) is 21.7. The highest BCUT2D eigenvalue weighted by atomic mass is 16.5. The third-order valence-electron chi connectivity index (χ3n) is 6.55. The minimum Gasteiger partial charge on any atom is -0.497 e. The largest absolute Gasteiger partial charge is 0.497 e. The van der Waals surface area contributed by atoms with Gasteiger partial charge in [0.2, 0.25) is 5.95 Å². The van der Waals surface area contributed by atoms with Crippen LogP contribution in [0.25, 0.3) is 11.2 Å². The Balaban J connectivity index is 1.60. The zero-order valence-electron chi connectivity index (χ0n) is 19.4. The number of aromatic nitrogens is 4. The van der Waals surface area contributed by atoms with Crippen LogP contribution >= 0.6 is 0 Å². The van der Waals surface area contributed by atoms with Gasteiger partial charge in [-0.15, -0.1) is 0 Å². The van der Waals surface area contributed by atoms with Crippen LogP contribution in [-0.4, -0.2) is 70.1 Å². The Morgan fingerprint density at radius 3 is 2.70 bits per heavy atom. The number of fused-ring (bicyclic) bond motifs is 3. The molecule has 1 fully saturated rings. The van der Waals surface area contributed by atoms with Crippen molar-refractivity contribution in [2.24, 2.45) is 13.0 Å². The zero-order valence-corrected chi connectivity index (χ0v) is 19.4. The summed E-state index contributed by atoms with van der Waals surface area (Å²) in [6, 6.07) is 7.80. The highest BCUT2D eigenvalue weighted by molar-refractivity contribution is 5.77. The molecule has 0 saturated carbocycles. The number of anilines is 2. The van der Waals surface area contributed by atoms with E-state index in [9.17, 15) is 9.59 Å². The summed E-state index contributed by atoms with van der Waals surface area (Å²) in [7, 11) is 3.33. The number of morpholine rings is 1. The maximum atomic E-state index is 13.6. The Labute approximate surface area is 191 Å². The normalized spacial score (nSPS) is 19.1. The van der Waals surface area contributed by atoms with E-state index in [1.165, 1.54) is 9.13 Å². The fraction of sp³-hybridized carbons (Fsp3) is 0.522. The molecule has 1 aromatic carbocycles. The van der Waals surface area contributed by atoms with Gasteiger partial charge in [-0.05, 0) is 18.1 Å². The zero-order chi connectivity index (χ0) is 23.1. The lowest BCUT2D eigenvalue weighted by molar-refractivity contribution is 0.0361. The maximum Gasteiger partial charge on any atom is 0.332 e. The lowest BCUT2D eigenvalue weighted by Gasteiger charge is -2.33. The van der Waals surface area contributed by atoms with Crippen LogP contribution in [0.15, 0.2) is 33.9 Å². The molecular formula is C23H30N6O4. The van der Waals surface area contributed by atoms with Crippen LogP contribution in [0, 0.1) is 5.92 Å². The highest BCUT2D eigenvalue weighted by Gasteiger charge is 2.30. The van der Waals surface area contributed by atoms with E-state index >= 15 is 0 Å². The van der Waals surface area contributed by atoms with E-state index in [-0.39, 0.29) is 11.2 Å². The van der Waals surface area contributed by atoms with E-state index < -0.39 is 0 Å². The summed E-state index contributed by atoms with van der Waals surface area (Å²) in [5.74, 6) is 1.72. The molecule has 3 aromatic rings. The van der Waals surface area contributed by atoms with Gasteiger partial charge >= 0.3 is 5.69 Å². The van der Waals surface area contributed by atoms with Crippen molar-refractivity contribution in [3.8, 4) is 5.75 Å². The van der Waals surface area contributed by atoms with E-state index in [4.69, 9.17) is 14.5 Å². The van der Waals surface area contributed by atoms with Gasteiger partial charge in [0.15, 0.2) is 11.2 Å². The molecule has 0 aliphatic carbocycles. The van der Waals surface area contributed by atoms with E-state index in [1.54, 1.807) is 14.2 Å². The number of aryl methyl sites for hydroxylation is 1. The predicted molar refractivity (Wildman–Crippen MR) is 126 cm³/mol. The summed E-state index contributed by atoms with van der Waals surface area (Å²) in [4.78, 5) is 35.8. The van der Waals surface area contributed by atoms with Crippen molar-refractivity contribution in [1.29, 1.82) is 0 Å². The fourth-order valence-electron chi connectivity index (χ4n) is 4.76. The second kappa shape index (κ2) is 8.68. The first-order valence-corrected chi connectivity index (χ1v) is 11.4. The summed E-state index contributed by atoms with van der Waals surface area (Å²) >= 11 is 0. The smallest absolute Gasteiger partial charge is 0.332 e.